The second-order valence-electron chi connectivity index (χ2n) is 9.96. The Bertz CT molecular complexity index is 1300. The van der Waals surface area contributed by atoms with E-state index >= 15 is 0 Å². The summed E-state index contributed by atoms with van der Waals surface area (Å²) in [7, 11) is 0. The lowest BCUT2D eigenvalue weighted by Gasteiger charge is -2.32. The van der Waals surface area contributed by atoms with Crippen LogP contribution in [0.5, 0.6) is 0 Å². The molecule has 0 saturated heterocycles. The van der Waals surface area contributed by atoms with Gasteiger partial charge in [0.15, 0.2) is 5.82 Å². The van der Waals surface area contributed by atoms with E-state index in [-0.39, 0.29) is 17.1 Å². The number of benzene rings is 2. The third-order valence-corrected chi connectivity index (χ3v) is 6.24. The molecule has 0 aliphatic heterocycles. The number of aryl methyl sites for hydroxylation is 1. The van der Waals surface area contributed by atoms with E-state index in [2.05, 4.69) is 89.5 Å². The molecular formula is C27H34N6O. The zero-order valence-electron chi connectivity index (χ0n) is 20.7. The van der Waals surface area contributed by atoms with Crippen molar-refractivity contribution in [3.05, 3.63) is 87.5 Å². The number of nitrogens with zero attached hydrogens (tertiary/aromatic N) is 5. The van der Waals surface area contributed by atoms with Crippen molar-refractivity contribution in [2.75, 3.05) is 6.54 Å². The molecule has 4 aromatic rings. The van der Waals surface area contributed by atoms with Crippen molar-refractivity contribution in [1.29, 1.82) is 0 Å². The van der Waals surface area contributed by atoms with E-state index in [1.807, 2.05) is 29.8 Å². The van der Waals surface area contributed by atoms with E-state index in [0.29, 0.717) is 6.54 Å². The molecule has 0 fully saturated rings. The lowest BCUT2D eigenvalue weighted by Crippen LogP contribution is -2.36. The monoisotopic (exact) mass is 458 g/mol. The largest absolute Gasteiger partial charge is 0.322 e. The second-order valence-corrected chi connectivity index (χ2v) is 9.96. The molecule has 0 radical (unpaired) electrons. The molecule has 0 aliphatic rings. The first kappa shape index (κ1) is 23.8. The first-order chi connectivity index (χ1) is 16.3. The molecule has 0 amide bonds. The van der Waals surface area contributed by atoms with E-state index in [1.54, 1.807) is 0 Å². The fourth-order valence-corrected chi connectivity index (χ4v) is 4.44. The summed E-state index contributed by atoms with van der Waals surface area (Å²) < 4.78 is 1.91. The number of rotatable bonds is 8. The predicted octanol–water partition coefficient (Wildman–Crippen LogP) is 4.77. The van der Waals surface area contributed by atoms with Crippen LogP contribution in [0.3, 0.4) is 0 Å². The summed E-state index contributed by atoms with van der Waals surface area (Å²) in [6.07, 6.45) is 1.70. The highest BCUT2D eigenvalue weighted by Crippen LogP contribution is 2.27. The normalized spacial score (nSPS) is 13.0. The Labute approximate surface area is 200 Å². The lowest BCUT2D eigenvalue weighted by molar-refractivity contribution is 0.163. The van der Waals surface area contributed by atoms with Gasteiger partial charge in [0.25, 0.3) is 5.56 Å². The molecule has 4 rings (SSSR count). The van der Waals surface area contributed by atoms with Gasteiger partial charge in [0.05, 0.1) is 11.6 Å². The van der Waals surface area contributed by atoms with Gasteiger partial charge in [0.2, 0.25) is 0 Å². The summed E-state index contributed by atoms with van der Waals surface area (Å²) in [5, 5.41) is 13.8. The van der Waals surface area contributed by atoms with E-state index < -0.39 is 0 Å². The average molecular weight is 459 g/mol. The second kappa shape index (κ2) is 9.89. The Balaban J connectivity index is 1.71. The summed E-state index contributed by atoms with van der Waals surface area (Å²) in [5.41, 5.74) is 3.72. The Kier molecular flexibility index (Phi) is 6.93. The Morgan fingerprint density at radius 1 is 1.09 bits per heavy atom. The molecule has 2 aromatic carbocycles. The number of hydrogen-bond acceptors (Lipinski definition) is 5. The number of aromatic amines is 1. The Morgan fingerprint density at radius 3 is 2.56 bits per heavy atom. The average Bonchev–Trinajstić information content (AvgIpc) is 3.29. The number of aromatic nitrogens is 5. The highest BCUT2D eigenvalue weighted by molar-refractivity contribution is 5.79. The fourth-order valence-electron chi connectivity index (χ4n) is 4.44. The van der Waals surface area contributed by atoms with Crippen LogP contribution in [-0.2, 0) is 18.5 Å². The zero-order valence-corrected chi connectivity index (χ0v) is 20.7. The number of nitrogens with one attached hydrogen (secondary N) is 1. The van der Waals surface area contributed by atoms with Crippen molar-refractivity contribution in [2.24, 2.45) is 0 Å². The van der Waals surface area contributed by atoms with Gasteiger partial charge in [0, 0.05) is 24.2 Å². The van der Waals surface area contributed by atoms with Gasteiger partial charge in [-0.1, -0.05) is 49.4 Å². The summed E-state index contributed by atoms with van der Waals surface area (Å²) in [4.78, 5) is 18.5. The van der Waals surface area contributed by atoms with Gasteiger partial charge in [-0.25, -0.2) is 4.68 Å². The van der Waals surface area contributed by atoms with E-state index in [1.165, 1.54) is 5.56 Å². The van der Waals surface area contributed by atoms with Crippen molar-refractivity contribution >= 4 is 10.9 Å². The molecule has 2 aromatic heterocycles. The molecular weight excluding hydrogens is 424 g/mol. The zero-order chi connectivity index (χ0) is 24.3. The number of hydrogen-bond donors (Lipinski definition) is 1. The van der Waals surface area contributed by atoms with Crippen molar-refractivity contribution < 1.29 is 0 Å². The smallest absolute Gasteiger partial charge is 0.252 e. The fraction of sp³-hybridized carbons (Fsp3) is 0.407. The first-order valence-electron chi connectivity index (χ1n) is 12.0. The van der Waals surface area contributed by atoms with Gasteiger partial charge in [-0.15, -0.1) is 5.10 Å². The molecule has 1 atom stereocenters. The molecule has 0 unspecified atom stereocenters. The van der Waals surface area contributed by atoms with Crippen LogP contribution in [-0.4, -0.2) is 36.6 Å². The van der Waals surface area contributed by atoms with Crippen molar-refractivity contribution in [1.82, 2.24) is 30.1 Å². The van der Waals surface area contributed by atoms with Gasteiger partial charge in [0.1, 0.15) is 0 Å². The maximum Gasteiger partial charge on any atom is 0.252 e. The van der Waals surface area contributed by atoms with Crippen molar-refractivity contribution in [3.63, 3.8) is 0 Å². The quantitative estimate of drug-likeness (QED) is 0.411. The van der Waals surface area contributed by atoms with Crippen molar-refractivity contribution in [3.8, 4) is 0 Å². The molecule has 34 heavy (non-hydrogen) atoms. The summed E-state index contributed by atoms with van der Waals surface area (Å²) in [5.74, 6) is 0.830. The predicted molar refractivity (Wildman–Crippen MR) is 136 cm³/mol. The van der Waals surface area contributed by atoms with Crippen LogP contribution in [0, 0.1) is 6.92 Å². The third kappa shape index (κ3) is 5.25. The number of pyridine rings is 1. The molecule has 2 heterocycles. The van der Waals surface area contributed by atoms with E-state index in [0.717, 1.165) is 47.2 Å². The maximum absolute atomic E-state index is 13.1. The highest BCUT2D eigenvalue weighted by Gasteiger charge is 2.29. The minimum atomic E-state index is -0.240. The van der Waals surface area contributed by atoms with Crippen LogP contribution in [0.15, 0.2) is 59.4 Å². The molecule has 7 heteroatoms. The van der Waals surface area contributed by atoms with Gasteiger partial charge in [-0.2, -0.15) is 0 Å². The topological polar surface area (TPSA) is 79.7 Å². The van der Waals surface area contributed by atoms with Crippen molar-refractivity contribution in [2.45, 2.75) is 65.6 Å². The molecule has 0 aliphatic carbocycles. The van der Waals surface area contributed by atoms with Crippen LogP contribution >= 0.6 is 0 Å². The summed E-state index contributed by atoms with van der Waals surface area (Å²) in [6.45, 7) is 11.8. The summed E-state index contributed by atoms with van der Waals surface area (Å²) >= 11 is 0. The van der Waals surface area contributed by atoms with E-state index in [4.69, 9.17) is 0 Å². The molecule has 1 N–H and O–H groups in total. The number of fused-ring (bicyclic) bond motifs is 1. The van der Waals surface area contributed by atoms with Gasteiger partial charge in [-0.05, 0) is 79.6 Å². The maximum atomic E-state index is 13.1. The Hall–Kier alpha value is -3.32. The molecule has 7 nitrogen and oxygen atoms in total. The molecule has 178 valence electrons. The SMILES string of the molecule is CC[C@H](c1nnnn1C(C)(C)C)N(CCc1ccccc1)Cc1cc2ccc(C)cc2[nH]c1=O. The third-order valence-electron chi connectivity index (χ3n) is 6.24. The minimum absolute atomic E-state index is 0.0222. The number of H-pyrrole nitrogens is 1. The molecule has 0 bridgehead atoms. The van der Waals surface area contributed by atoms with Crippen LogP contribution < -0.4 is 5.56 Å². The Morgan fingerprint density at radius 2 is 1.85 bits per heavy atom. The minimum Gasteiger partial charge on any atom is -0.322 e. The van der Waals surface area contributed by atoms with Gasteiger partial charge < -0.3 is 4.98 Å². The van der Waals surface area contributed by atoms with E-state index in [9.17, 15) is 4.79 Å². The summed E-state index contributed by atoms with van der Waals surface area (Å²) in [6, 6.07) is 18.6. The standard InChI is InChI=1S/C27H34N6O/c1-6-24(25-29-30-31-33(25)27(3,4)5)32(15-14-20-10-8-7-9-11-20)18-22-17-21-13-12-19(2)16-23(21)28-26(22)34/h7-13,16-17,24H,6,14-15,18H2,1-5H3,(H,28,34)/t24-/m1/s1. The van der Waals surface area contributed by atoms with Crippen LogP contribution in [0.4, 0.5) is 0 Å². The first-order valence-corrected chi connectivity index (χ1v) is 12.0. The van der Waals surface area contributed by atoms with Gasteiger partial charge >= 0.3 is 0 Å². The lowest BCUT2D eigenvalue weighted by atomic mass is 10.0. The highest BCUT2D eigenvalue weighted by atomic mass is 16.1. The number of tetrazole rings is 1. The van der Waals surface area contributed by atoms with Gasteiger partial charge in [-0.3, -0.25) is 9.69 Å². The van der Waals surface area contributed by atoms with Crippen LogP contribution in [0.25, 0.3) is 10.9 Å². The molecule has 0 saturated carbocycles. The van der Waals surface area contributed by atoms with Crippen LogP contribution in [0.2, 0.25) is 0 Å². The molecule has 0 spiro atoms. The van der Waals surface area contributed by atoms with Crippen LogP contribution in [0.1, 0.15) is 62.7 Å².